The summed E-state index contributed by atoms with van der Waals surface area (Å²) in [5.74, 6) is -0.961. The highest BCUT2D eigenvalue weighted by Crippen LogP contribution is 2.20. The summed E-state index contributed by atoms with van der Waals surface area (Å²) in [4.78, 5) is 24.8. The van der Waals surface area contributed by atoms with E-state index in [9.17, 15) is 9.59 Å². The minimum absolute atomic E-state index is 0.0931. The highest BCUT2D eigenvalue weighted by Gasteiger charge is 2.26. The van der Waals surface area contributed by atoms with Crippen LogP contribution >= 0.6 is 11.6 Å². The van der Waals surface area contributed by atoms with Crippen molar-refractivity contribution in [2.24, 2.45) is 5.92 Å². The van der Waals surface area contributed by atoms with E-state index in [2.05, 4.69) is 0 Å². The van der Waals surface area contributed by atoms with Crippen molar-refractivity contribution in [2.45, 2.75) is 32.6 Å². The van der Waals surface area contributed by atoms with Gasteiger partial charge in [-0.05, 0) is 43.4 Å². The van der Waals surface area contributed by atoms with Gasteiger partial charge in [-0.3, -0.25) is 9.59 Å². The summed E-state index contributed by atoms with van der Waals surface area (Å²) in [7, 11) is 0. The van der Waals surface area contributed by atoms with Crippen LogP contribution in [0.5, 0.6) is 0 Å². The molecule has 0 atom stereocenters. The molecule has 0 aromatic heterocycles. The predicted molar refractivity (Wildman–Crippen MR) is 81.4 cm³/mol. The Morgan fingerprint density at radius 1 is 1.33 bits per heavy atom. The molecule has 1 fully saturated rings. The number of carboxylic acid groups (broad SMARTS) is 1. The first-order chi connectivity index (χ1) is 9.97. The monoisotopic (exact) mass is 309 g/mol. The lowest BCUT2D eigenvalue weighted by atomic mass is 9.96. The van der Waals surface area contributed by atoms with E-state index in [1.165, 1.54) is 0 Å². The number of aliphatic carboxylic acids is 1. The number of carbonyl (C=O) groups excluding carboxylic acids is 1. The van der Waals surface area contributed by atoms with Crippen LogP contribution in [0.15, 0.2) is 18.2 Å². The van der Waals surface area contributed by atoms with Gasteiger partial charge < -0.3 is 10.0 Å². The minimum Gasteiger partial charge on any atom is -0.481 e. The van der Waals surface area contributed by atoms with E-state index in [1.807, 2.05) is 25.1 Å². The van der Waals surface area contributed by atoms with Crippen molar-refractivity contribution in [3.05, 3.63) is 34.3 Å². The van der Waals surface area contributed by atoms with Crippen LogP contribution in [0.4, 0.5) is 0 Å². The molecule has 4 nitrogen and oxygen atoms in total. The number of piperidine rings is 1. The number of carbonyl (C=O) groups is 2. The zero-order chi connectivity index (χ0) is 15.4. The summed E-state index contributed by atoms with van der Waals surface area (Å²) < 4.78 is 0. The predicted octanol–water partition coefficient (Wildman–Crippen LogP) is 2.90. The van der Waals surface area contributed by atoms with E-state index >= 15 is 0 Å². The SMILES string of the molecule is Cc1ccc(CCC(=O)N2CCC(C(=O)O)CC2)cc1Cl. The molecular weight excluding hydrogens is 290 g/mol. The summed E-state index contributed by atoms with van der Waals surface area (Å²) in [6, 6.07) is 5.85. The molecule has 0 unspecified atom stereocenters. The number of amides is 1. The summed E-state index contributed by atoms with van der Waals surface area (Å²) in [6.07, 6.45) is 2.21. The van der Waals surface area contributed by atoms with Crippen molar-refractivity contribution >= 4 is 23.5 Å². The molecule has 1 N–H and O–H groups in total. The fourth-order valence-electron chi connectivity index (χ4n) is 2.58. The first-order valence-corrected chi connectivity index (χ1v) is 7.61. The molecule has 21 heavy (non-hydrogen) atoms. The lowest BCUT2D eigenvalue weighted by molar-refractivity contribution is -0.145. The van der Waals surface area contributed by atoms with Gasteiger partial charge in [-0.25, -0.2) is 0 Å². The van der Waals surface area contributed by atoms with E-state index in [0.29, 0.717) is 38.8 Å². The molecular formula is C16H20ClNO3. The van der Waals surface area contributed by atoms with Gasteiger partial charge in [0.05, 0.1) is 5.92 Å². The number of halogens is 1. The van der Waals surface area contributed by atoms with Gasteiger partial charge in [-0.15, -0.1) is 0 Å². The maximum atomic E-state index is 12.1. The second kappa shape index (κ2) is 6.94. The Morgan fingerprint density at radius 3 is 2.57 bits per heavy atom. The van der Waals surface area contributed by atoms with E-state index < -0.39 is 5.97 Å². The van der Waals surface area contributed by atoms with Crippen molar-refractivity contribution in [3.8, 4) is 0 Å². The normalized spacial score (nSPS) is 16.0. The molecule has 1 saturated heterocycles. The molecule has 0 bridgehead atoms. The standard InChI is InChI=1S/C16H20ClNO3/c1-11-2-3-12(10-14(11)17)4-5-15(19)18-8-6-13(7-9-18)16(20)21/h2-3,10,13H,4-9H2,1H3,(H,20,21). The number of nitrogens with zero attached hydrogens (tertiary/aromatic N) is 1. The number of carboxylic acids is 1. The van der Waals surface area contributed by atoms with Gasteiger partial charge in [-0.1, -0.05) is 23.7 Å². The van der Waals surface area contributed by atoms with Crippen LogP contribution < -0.4 is 0 Å². The Labute approximate surface area is 129 Å². The summed E-state index contributed by atoms with van der Waals surface area (Å²) in [5.41, 5.74) is 2.09. The zero-order valence-corrected chi connectivity index (χ0v) is 12.9. The maximum Gasteiger partial charge on any atom is 0.306 e. The van der Waals surface area contributed by atoms with Gasteiger partial charge in [0.25, 0.3) is 0 Å². The smallest absolute Gasteiger partial charge is 0.306 e. The minimum atomic E-state index is -0.753. The van der Waals surface area contributed by atoms with Crippen LogP contribution in [0.2, 0.25) is 5.02 Å². The van der Waals surface area contributed by atoms with Crippen molar-refractivity contribution in [1.29, 1.82) is 0 Å². The maximum absolute atomic E-state index is 12.1. The van der Waals surface area contributed by atoms with Gasteiger partial charge >= 0.3 is 5.97 Å². The van der Waals surface area contributed by atoms with E-state index in [1.54, 1.807) is 4.90 Å². The molecule has 1 aliphatic heterocycles. The lowest BCUT2D eigenvalue weighted by Crippen LogP contribution is -2.40. The van der Waals surface area contributed by atoms with Crippen molar-refractivity contribution in [3.63, 3.8) is 0 Å². The number of rotatable bonds is 4. The number of aryl methyl sites for hydroxylation is 2. The first kappa shape index (κ1) is 15.8. The second-order valence-corrected chi connectivity index (χ2v) is 5.98. The average Bonchev–Trinajstić information content (AvgIpc) is 2.48. The van der Waals surface area contributed by atoms with Crippen molar-refractivity contribution < 1.29 is 14.7 Å². The Hall–Kier alpha value is -1.55. The van der Waals surface area contributed by atoms with Crippen LogP contribution in [0.1, 0.15) is 30.4 Å². The highest BCUT2D eigenvalue weighted by molar-refractivity contribution is 6.31. The van der Waals surface area contributed by atoms with Crippen LogP contribution in [-0.4, -0.2) is 35.0 Å². The van der Waals surface area contributed by atoms with Gasteiger partial charge in [-0.2, -0.15) is 0 Å². The summed E-state index contributed by atoms with van der Waals surface area (Å²) >= 11 is 6.07. The average molecular weight is 310 g/mol. The zero-order valence-electron chi connectivity index (χ0n) is 12.1. The molecule has 1 aliphatic rings. The third-order valence-electron chi connectivity index (χ3n) is 4.06. The van der Waals surface area contributed by atoms with Crippen LogP contribution in [0.3, 0.4) is 0 Å². The van der Waals surface area contributed by atoms with Gasteiger partial charge in [0.1, 0.15) is 0 Å². The largest absolute Gasteiger partial charge is 0.481 e. The highest BCUT2D eigenvalue weighted by atomic mass is 35.5. The van der Waals surface area contributed by atoms with Crippen molar-refractivity contribution in [1.82, 2.24) is 4.90 Å². The lowest BCUT2D eigenvalue weighted by Gasteiger charge is -2.30. The first-order valence-electron chi connectivity index (χ1n) is 7.23. The molecule has 1 aromatic carbocycles. The van der Waals surface area contributed by atoms with Gasteiger partial charge in [0.15, 0.2) is 0 Å². The van der Waals surface area contributed by atoms with Gasteiger partial charge in [0, 0.05) is 24.5 Å². The molecule has 5 heteroatoms. The van der Waals surface area contributed by atoms with E-state index in [4.69, 9.17) is 16.7 Å². The second-order valence-electron chi connectivity index (χ2n) is 5.58. The fourth-order valence-corrected chi connectivity index (χ4v) is 2.78. The molecule has 1 heterocycles. The number of likely N-dealkylation sites (tertiary alicyclic amines) is 1. The molecule has 114 valence electrons. The molecule has 0 radical (unpaired) electrons. The molecule has 2 rings (SSSR count). The van der Waals surface area contributed by atoms with E-state index in [-0.39, 0.29) is 11.8 Å². The molecule has 0 aliphatic carbocycles. The quantitative estimate of drug-likeness (QED) is 0.930. The Bertz CT molecular complexity index is 536. The number of benzene rings is 1. The topological polar surface area (TPSA) is 57.6 Å². The van der Waals surface area contributed by atoms with Crippen LogP contribution in [0.25, 0.3) is 0 Å². The van der Waals surface area contributed by atoms with Crippen LogP contribution in [-0.2, 0) is 16.0 Å². The Morgan fingerprint density at radius 2 is 2.00 bits per heavy atom. The Kier molecular flexibility index (Phi) is 5.23. The van der Waals surface area contributed by atoms with Gasteiger partial charge in [0.2, 0.25) is 5.91 Å². The van der Waals surface area contributed by atoms with E-state index in [0.717, 1.165) is 16.1 Å². The van der Waals surface area contributed by atoms with Crippen molar-refractivity contribution in [2.75, 3.05) is 13.1 Å². The third-order valence-corrected chi connectivity index (χ3v) is 4.47. The fraction of sp³-hybridized carbons (Fsp3) is 0.500. The van der Waals surface area contributed by atoms with Crippen LogP contribution in [0, 0.1) is 12.8 Å². The molecule has 0 spiro atoms. The third kappa shape index (κ3) is 4.21. The number of hydrogen-bond acceptors (Lipinski definition) is 2. The molecule has 1 aromatic rings. The number of hydrogen-bond donors (Lipinski definition) is 1. The summed E-state index contributed by atoms with van der Waals surface area (Å²) in [6.45, 7) is 3.04. The summed E-state index contributed by atoms with van der Waals surface area (Å²) in [5, 5.41) is 9.67. The molecule has 0 saturated carbocycles. The molecule has 1 amide bonds. The Balaban J connectivity index is 1.82.